The summed E-state index contributed by atoms with van der Waals surface area (Å²) in [5.41, 5.74) is 6.08. The molecule has 5 rings (SSSR count). The molecule has 4 aromatic carbocycles. The van der Waals surface area contributed by atoms with Crippen LogP contribution < -0.4 is 24.4 Å². The van der Waals surface area contributed by atoms with Crippen molar-refractivity contribution in [3.05, 3.63) is 104 Å². The van der Waals surface area contributed by atoms with E-state index in [1.807, 2.05) is 57.2 Å². The van der Waals surface area contributed by atoms with E-state index in [-0.39, 0.29) is 5.75 Å². The number of esters is 1. The van der Waals surface area contributed by atoms with Crippen molar-refractivity contribution in [3.8, 4) is 34.1 Å². The molecule has 1 amide bonds. The summed E-state index contributed by atoms with van der Waals surface area (Å²) >= 11 is 8.78. The van der Waals surface area contributed by atoms with Crippen molar-refractivity contribution in [2.75, 3.05) is 19.8 Å². The van der Waals surface area contributed by atoms with Gasteiger partial charge in [0.25, 0.3) is 5.91 Å². The first-order valence-corrected chi connectivity index (χ1v) is 16.1. The van der Waals surface area contributed by atoms with Crippen molar-refractivity contribution in [1.82, 2.24) is 10.4 Å². The van der Waals surface area contributed by atoms with Crippen LogP contribution in [0.5, 0.6) is 23.0 Å². The molecule has 11 heteroatoms. The lowest BCUT2D eigenvalue weighted by atomic mass is 10.0. The molecule has 0 radical (unpaired) electrons. The maximum Gasteiger partial charge on any atom is 0.343 e. The highest BCUT2D eigenvalue weighted by molar-refractivity contribution is 14.1. The van der Waals surface area contributed by atoms with Gasteiger partial charge in [0.1, 0.15) is 5.69 Å². The van der Waals surface area contributed by atoms with Gasteiger partial charge in [-0.1, -0.05) is 29.8 Å². The molecule has 0 aliphatic heterocycles. The third-order valence-corrected chi connectivity index (χ3v) is 7.76. The summed E-state index contributed by atoms with van der Waals surface area (Å²) in [6.07, 6.45) is 1.48. The average molecular weight is 752 g/mol. The second-order valence-electron chi connectivity index (χ2n) is 9.80. The SMILES string of the molecule is CCOc1ccc(C(=O)Oc2ccc(C=NNC(=O)c3[nH]c4ccc(I)cc4c3-c3ccccc3Cl)cc2OCC)cc1OCC. The number of amides is 1. The first-order chi connectivity index (χ1) is 22.3. The van der Waals surface area contributed by atoms with Gasteiger partial charge in [-0.25, -0.2) is 10.2 Å². The number of carbonyl (C=O) groups is 2. The molecule has 0 spiro atoms. The summed E-state index contributed by atoms with van der Waals surface area (Å²) in [7, 11) is 0. The molecule has 9 nitrogen and oxygen atoms in total. The fourth-order valence-corrected chi connectivity index (χ4v) is 5.52. The highest BCUT2D eigenvalue weighted by Crippen LogP contribution is 2.37. The number of nitrogens with one attached hydrogen (secondary N) is 2. The third kappa shape index (κ3) is 7.45. The van der Waals surface area contributed by atoms with E-state index in [9.17, 15) is 9.59 Å². The molecule has 46 heavy (non-hydrogen) atoms. The van der Waals surface area contributed by atoms with Crippen molar-refractivity contribution in [1.29, 1.82) is 0 Å². The largest absolute Gasteiger partial charge is 0.490 e. The van der Waals surface area contributed by atoms with Crippen molar-refractivity contribution < 1.29 is 28.5 Å². The molecule has 0 fully saturated rings. The molecule has 0 saturated carbocycles. The number of ether oxygens (including phenoxy) is 4. The van der Waals surface area contributed by atoms with Crippen LogP contribution in [-0.4, -0.2) is 42.9 Å². The van der Waals surface area contributed by atoms with Crippen molar-refractivity contribution in [3.63, 3.8) is 0 Å². The van der Waals surface area contributed by atoms with E-state index in [4.69, 9.17) is 30.5 Å². The van der Waals surface area contributed by atoms with Crippen molar-refractivity contribution in [2.24, 2.45) is 5.10 Å². The van der Waals surface area contributed by atoms with Gasteiger partial charge in [-0.05, 0) is 110 Å². The molecule has 1 heterocycles. The van der Waals surface area contributed by atoms with Crippen LogP contribution in [0.25, 0.3) is 22.0 Å². The Morgan fingerprint density at radius 2 is 1.54 bits per heavy atom. The number of aromatic nitrogens is 1. The van der Waals surface area contributed by atoms with Crippen LogP contribution in [0.3, 0.4) is 0 Å². The van der Waals surface area contributed by atoms with Crippen molar-refractivity contribution in [2.45, 2.75) is 20.8 Å². The maximum atomic E-state index is 13.4. The van der Waals surface area contributed by atoms with Crippen LogP contribution in [0.2, 0.25) is 5.02 Å². The van der Waals surface area contributed by atoms with Gasteiger partial charge in [0.2, 0.25) is 0 Å². The van der Waals surface area contributed by atoms with E-state index in [1.165, 1.54) is 6.21 Å². The van der Waals surface area contributed by atoms with Crippen LogP contribution in [0.1, 0.15) is 47.2 Å². The topological polar surface area (TPSA) is 111 Å². The maximum absolute atomic E-state index is 13.4. The Labute approximate surface area is 285 Å². The minimum absolute atomic E-state index is 0.233. The van der Waals surface area contributed by atoms with Crippen LogP contribution in [0, 0.1) is 3.57 Å². The Morgan fingerprint density at radius 3 is 2.28 bits per heavy atom. The Morgan fingerprint density at radius 1 is 0.848 bits per heavy atom. The molecule has 0 atom stereocenters. The quantitative estimate of drug-likeness (QED) is 0.0437. The molecule has 0 aliphatic rings. The highest BCUT2D eigenvalue weighted by Gasteiger charge is 2.21. The van der Waals surface area contributed by atoms with Crippen molar-refractivity contribution >= 4 is 63.2 Å². The fourth-order valence-electron chi connectivity index (χ4n) is 4.79. The molecule has 2 N–H and O–H groups in total. The number of hydrogen-bond acceptors (Lipinski definition) is 7. The smallest absolute Gasteiger partial charge is 0.343 e. The van der Waals surface area contributed by atoms with Gasteiger partial charge in [0.15, 0.2) is 23.0 Å². The van der Waals surface area contributed by atoms with Gasteiger partial charge in [-0.2, -0.15) is 5.10 Å². The third-order valence-electron chi connectivity index (χ3n) is 6.76. The Kier molecular flexibility index (Phi) is 10.8. The number of hydrogen-bond donors (Lipinski definition) is 2. The molecule has 0 unspecified atom stereocenters. The first kappa shape index (κ1) is 32.8. The summed E-state index contributed by atoms with van der Waals surface area (Å²) in [6, 6.07) is 23.1. The van der Waals surface area contributed by atoms with Crippen LogP contribution in [0.4, 0.5) is 0 Å². The Balaban J connectivity index is 1.35. The van der Waals surface area contributed by atoms with Crippen LogP contribution in [-0.2, 0) is 0 Å². The number of fused-ring (bicyclic) bond motifs is 1. The number of carbonyl (C=O) groups excluding carboxylic acids is 2. The number of rotatable bonds is 12. The molecule has 0 bridgehead atoms. The lowest BCUT2D eigenvalue weighted by Crippen LogP contribution is -2.19. The molecule has 1 aromatic heterocycles. The lowest BCUT2D eigenvalue weighted by Gasteiger charge is -2.13. The van der Waals surface area contributed by atoms with E-state index < -0.39 is 11.9 Å². The zero-order valence-corrected chi connectivity index (χ0v) is 28.3. The Hall–Kier alpha value is -4.55. The van der Waals surface area contributed by atoms with Gasteiger partial charge in [0, 0.05) is 30.6 Å². The average Bonchev–Trinajstić information content (AvgIpc) is 3.42. The zero-order chi connectivity index (χ0) is 32.6. The fraction of sp³-hybridized carbons (Fsp3) is 0.171. The summed E-state index contributed by atoms with van der Waals surface area (Å²) in [5, 5.41) is 5.59. The molecule has 0 aliphatic carbocycles. The normalized spacial score (nSPS) is 11.1. The van der Waals surface area contributed by atoms with Crippen LogP contribution in [0.15, 0.2) is 84.0 Å². The summed E-state index contributed by atoms with van der Waals surface area (Å²) in [6.45, 7) is 6.77. The van der Waals surface area contributed by atoms with Gasteiger partial charge in [0.05, 0.1) is 31.6 Å². The second-order valence-corrected chi connectivity index (χ2v) is 11.5. The van der Waals surface area contributed by atoms with Gasteiger partial charge in [-0.15, -0.1) is 0 Å². The zero-order valence-electron chi connectivity index (χ0n) is 25.4. The molecule has 0 saturated heterocycles. The summed E-state index contributed by atoms with van der Waals surface area (Å²) in [4.78, 5) is 29.7. The standard InChI is InChI=1S/C35H31ClIN3O6/c1-4-43-28-16-12-22(18-31(28)45-6-3)35(42)46-29-15-11-21(17-30(29)44-5-2)20-38-40-34(41)33-32(24-9-7-8-10-26(24)36)25-19-23(37)13-14-27(25)39-33/h7-20,39H,4-6H2,1-3H3,(H,40,41). The molecule has 236 valence electrons. The molecular formula is C35H31ClIN3O6. The Bertz CT molecular complexity index is 1920. The van der Waals surface area contributed by atoms with Crippen LogP contribution >= 0.6 is 34.2 Å². The summed E-state index contributed by atoms with van der Waals surface area (Å²) < 4.78 is 23.7. The highest BCUT2D eigenvalue weighted by atomic mass is 127. The lowest BCUT2D eigenvalue weighted by molar-refractivity contribution is 0.0727. The predicted molar refractivity (Wildman–Crippen MR) is 188 cm³/mol. The van der Waals surface area contributed by atoms with E-state index in [0.717, 1.165) is 20.0 Å². The van der Waals surface area contributed by atoms with Gasteiger partial charge >= 0.3 is 5.97 Å². The number of H-pyrrole nitrogens is 1. The van der Waals surface area contributed by atoms with E-state index in [2.05, 4.69) is 38.1 Å². The minimum atomic E-state index is -0.582. The molecular weight excluding hydrogens is 721 g/mol. The molecule has 5 aromatic rings. The first-order valence-electron chi connectivity index (χ1n) is 14.6. The van der Waals surface area contributed by atoms with Gasteiger partial charge in [-0.3, -0.25) is 4.79 Å². The minimum Gasteiger partial charge on any atom is -0.490 e. The number of aromatic amines is 1. The predicted octanol–water partition coefficient (Wildman–Crippen LogP) is 8.27. The number of halogens is 2. The second kappa shape index (κ2) is 15.2. The monoisotopic (exact) mass is 751 g/mol. The van der Waals surface area contributed by atoms with E-state index in [0.29, 0.717) is 64.5 Å². The number of benzene rings is 4. The van der Waals surface area contributed by atoms with Gasteiger partial charge < -0.3 is 23.9 Å². The van der Waals surface area contributed by atoms with E-state index >= 15 is 0 Å². The number of hydrazone groups is 1. The number of nitrogens with zero attached hydrogens (tertiary/aromatic N) is 1. The van der Waals surface area contributed by atoms with E-state index in [1.54, 1.807) is 42.5 Å². The summed E-state index contributed by atoms with van der Waals surface area (Å²) in [5.74, 6) is 0.561.